The number of rotatable bonds is 2. The van der Waals surface area contributed by atoms with Gasteiger partial charge in [-0.1, -0.05) is 12.1 Å². The molecule has 1 amide bonds. The van der Waals surface area contributed by atoms with Crippen molar-refractivity contribution in [3.8, 4) is 0 Å². The monoisotopic (exact) mass is 274 g/mol. The van der Waals surface area contributed by atoms with Crippen molar-refractivity contribution in [1.82, 2.24) is 5.16 Å². The van der Waals surface area contributed by atoms with E-state index in [1.54, 1.807) is 0 Å². The number of aryl methyl sites for hydroxylation is 1. The molecule has 1 heterocycles. The second kappa shape index (κ2) is 5.07. The van der Waals surface area contributed by atoms with Crippen LogP contribution in [0, 0.1) is 11.7 Å². The summed E-state index contributed by atoms with van der Waals surface area (Å²) in [6.07, 6.45) is 2.69. The molecule has 1 aromatic carbocycles. The van der Waals surface area contributed by atoms with Crippen molar-refractivity contribution in [3.05, 3.63) is 47.1 Å². The van der Waals surface area contributed by atoms with Crippen molar-refractivity contribution in [1.29, 1.82) is 0 Å². The molecular weight excluding hydrogens is 259 g/mol. The van der Waals surface area contributed by atoms with Crippen LogP contribution in [0.3, 0.4) is 0 Å². The van der Waals surface area contributed by atoms with Gasteiger partial charge in [0.15, 0.2) is 5.69 Å². The minimum Gasteiger partial charge on any atom is -0.360 e. The number of nitrogens with zero attached hydrogens (tertiary/aromatic N) is 1. The lowest BCUT2D eigenvalue weighted by atomic mass is 9.88. The summed E-state index contributed by atoms with van der Waals surface area (Å²) in [4.78, 5) is 12.2. The number of halogens is 1. The SMILES string of the molecule is C[C@H]1CCc2onc(C(=O)Nc3ccc(F)cc3)c2C1. The minimum atomic E-state index is -0.337. The third-order valence-corrected chi connectivity index (χ3v) is 3.60. The number of carbonyl (C=O) groups is 1. The average molecular weight is 274 g/mol. The standard InChI is InChI=1S/C15H15FN2O2/c1-9-2-7-13-12(8-9)14(18-20-13)15(19)17-11-5-3-10(16)4-6-11/h3-6,9H,2,7-8H2,1H3,(H,17,19)/t9-/m0/s1. The van der Waals surface area contributed by atoms with Crippen LogP contribution in [-0.4, -0.2) is 11.1 Å². The molecular formula is C15H15FN2O2. The molecule has 0 saturated carbocycles. The second-order valence-corrected chi connectivity index (χ2v) is 5.24. The van der Waals surface area contributed by atoms with Gasteiger partial charge < -0.3 is 9.84 Å². The smallest absolute Gasteiger partial charge is 0.278 e. The third-order valence-electron chi connectivity index (χ3n) is 3.60. The molecule has 0 unspecified atom stereocenters. The first-order valence-corrected chi connectivity index (χ1v) is 6.68. The number of fused-ring (bicyclic) bond motifs is 1. The van der Waals surface area contributed by atoms with E-state index in [4.69, 9.17) is 4.52 Å². The summed E-state index contributed by atoms with van der Waals surface area (Å²) < 4.78 is 18.1. The maximum atomic E-state index is 12.8. The summed E-state index contributed by atoms with van der Waals surface area (Å²) in [6, 6.07) is 5.64. The summed E-state index contributed by atoms with van der Waals surface area (Å²) in [7, 11) is 0. The molecule has 4 nitrogen and oxygen atoms in total. The fraction of sp³-hybridized carbons (Fsp3) is 0.333. The van der Waals surface area contributed by atoms with Crippen LogP contribution in [-0.2, 0) is 12.8 Å². The highest BCUT2D eigenvalue weighted by molar-refractivity contribution is 6.03. The Morgan fingerprint density at radius 1 is 1.40 bits per heavy atom. The second-order valence-electron chi connectivity index (χ2n) is 5.24. The normalized spacial score (nSPS) is 17.6. The number of anilines is 1. The van der Waals surface area contributed by atoms with Gasteiger partial charge in [0, 0.05) is 17.7 Å². The van der Waals surface area contributed by atoms with Gasteiger partial charge in [-0.3, -0.25) is 4.79 Å². The molecule has 5 heteroatoms. The zero-order chi connectivity index (χ0) is 14.1. The van der Waals surface area contributed by atoms with Crippen LogP contribution >= 0.6 is 0 Å². The van der Waals surface area contributed by atoms with Crippen LogP contribution in [0.25, 0.3) is 0 Å². The molecule has 104 valence electrons. The molecule has 20 heavy (non-hydrogen) atoms. The first kappa shape index (κ1) is 12.8. The largest absolute Gasteiger partial charge is 0.360 e. The fourth-order valence-electron chi connectivity index (χ4n) is 2.48. The maximum Gasteiger partial charge on any atom is 0.278 e. The molecule has 0 bridgehead atoms. The molecule has 1 aromatic heterocycles. The first-order valence-electron chi connectivity index (χ1n) is 6.68. The Hall–Kier alpha value is -2.17. The zero-order valence-corrected chi connectivity index (χ0v) is 11.1. The van der Waals surface area contributed by atoms with E-state index in [0.717, 1.165) is 30.6 Å². The number of carbonyl (C=O) groups excluding carboxylic acids is 1. The van der Waals surface area contributed by atoms with Crippen LogP contribution in [0.2, 0.25) is 0 Å². The van der Waals surface area contributed by atoms with Gasteiger partial charge in [0.2, 0.25) is 0 Å². The van der Waals surface area contributed by atoms with E-state index in [0.29, 0.717) is 17.3 Å². The van der Waals surface area contributed by atoms with E-state index in [-0.39, 0.29) is 11.7 Å². The van der Waals surface area contributed by atoms with Crippen molar-refractivity contribution in [3.63, 3.8) is 0 Å². The van der Waals surface area contributed by atoms with Gasteiger partial charge in [0.1, 0.15) is 11.6 Å². The van der Waals surface area contributed by atoms with E-state index < -0.39 is 0 Å². The van der Waals surface area contributed by atoms with E-state index in [2.05, 4.69) is 17.4 Å². The van der Waals surface area contributed by atoms with Gasteiger partial charge in [0.25, 0.3) is 5.91 Å². The number of nitrogens with one attached hydrogen (secondary N) is 1. The Balaban J connectivity index is 1.81. The highest BCUT2D eigenvalue weighted by atomic mass is 19.1. The zero-order valence-electron chi connectivity index (χ0n) is 11.1. The minimum absolute atomic E-state index is 0.310. The molecule has 1 atom stereocenters. The van der Waals surface area contributed by atoms with E-state index in [9.17, 15) is 9.18 Å². The number of hydrogen-bond acceptors (Lipinski definition) is 3. The van der Waals surface area contributed by atoms with E-state index in [1.807, 2.05) is 0 Å². The van der Waals surface area contributed by atoms with Gasteiger partial charge in [-0.05, 0) is 43.0 Å². The molecule has 3 rings (SSSR count). The Kier molecular flexibility index (Phi) is 3.26. The topological polar surface area (TPSA) is 55.1 Å². The third kappa shape index (κ3) is 2.43. The van der Waals surface area contributed by atoms with E-state index in [1.165, 1.54) is 24.3 Å². The molecule has 0 fully saturated rings. The van der Waals surface area contributed by atoms with Gasteiger partial charge in [-0.25, -0.2) is 4.39 Å². The van der Waals surface area contributed by atoms with Gasteiger partial charge in [0.05, 0.1) is 0 Å². The van der Waals surface area contributed by atoms with Crippen LogP contribution in [0.15, 0.2) is 28.8 Å². The average Bonchev–Trinajstić information content (AvgIpc) is 2.84. The highest BCUT2D eigenvalue weighted by Crippen LogP contribution is 2.28. The summed E-state index contributed by atoms with van der Waals surface area (Å²) in [5.41, 5.74) is 1.79. The molecule has 0 radical (unpaired) electrons. The summed E-state index contributed by atoms with van der Waals surface area (Å²) in [6.45, 7) is 2.15. The number of amides is 1. The summed E-state index contributed by atoms with van der Waals surface area (Å²) in [5.74, 6) is 0.693. The number of benzene rings is 1. The molecule has 2 aromatic rings. The van der Waals surface area contributed by atoms with Crippen LogP contribution < -0.4 is 5.32 Å². The lowest BCUT2D eigenvalue weighted by molar-refractivity contribution is 0.101. The van der Waals surface area contributed by atoms with Crippen LogP contribution in [0.1, 0.15) is 35.2 Å². The lowest BCUT2D eigenvalue weighted by Gasteiger charge is -2.16. The van der Waals surface area contributed by atoms with Gasteiger partial charge >= 0.3 is 0 Å². The maximum absolute atomic E-state index is 12.8. The van der Waals surface area contributed by atoms with Gasteiger partial charge in [-0.2, -0.15) is 0 Å². The Morgan fingerprint density at radius 3 is 2.90 bits per heavy atom. The van der Waals surface area contributed by atoms with Crippen LogP contribution in [0.4, 0.5) is 10.1 Å². The van der Waals surface area contributed by atoms with Crippen LogP contribution in [0.5, 0.6) is 0 Å². The highest BCUT2D eigenvalue weighted by Gasteiger charge is 2.26. The molecule has 1 N–H and O–H groups in total. The fourth-order valence-corrected chi connectivity index (χ4v) is 2.48. The van der Waals surface area contributed by atoms with Crippen molar-refractivity contribution in [2.24, 2.45) is 5.92 Å². The Labute approximate surface area is 116 Å². The number of hydrogen-bond donors (Lipinski definition) is 1. The van der Waals surface area contributed by atoms with Crippen molar-refractivity contribution in [2.75, 3.05) is 5.32 Å². The Bertz CT molecular complexity index is 634. The molecule has 1 aliphatic carbocycles. The molecule has 0 saturated heterocycles. The summed E-state index contributed by atoms with van der Waals surface area (Å²) in [5, 5.41) is 6.59. The van der Waals surface area contributed by atoms with Crippen molar-refractivity contribution >= 4 is 11.6 Å². The van der Waals surface area contributed by atoms with Crippen molar-refractivity contribution in [2.45, 2.75) is 26.2 Å². The summed E-state index contributed by atoms with van der Waals surface area (Å²) >= 11 is 0. The predicted octanol–water partition coefficient (Wildman–Crippen LogP) is 3.19. The molecule has 0 spiro atoms. The van der Waals surface area contributed by atoms with Gasteiger partial charge in [-0.15, -0.1) is 0 Å². The lowest BCUT2D eigenvalue weighted by Crippen LogP contribution is -2.17. The van der Waals surface area contributed by atoms with Crippen molar-refractivity contribution < 1.29 is 13.7 Å². The van der Waals surface area contributed by atoms with E-state index >= 15 is 0 Å². The quantitative estimate of drug-likeness (QED) is 0.915. The molecule has 1 aliphatic rings. The molecule has 0 aliphatic heterocycles. The predicted molar refractivity (Wildman–Crippen MR) is 72.0 cm³/mol. The number of aromatic nitrogens is 1. The first-order chi connectivity index (χ1) is 9.63. The Morgan fingerprint density at radius 2 is 2.15 bits per heavy atom.